The van der Waals surface area contributed by atoms with Gasteiger partial charge in [-0.2, -0.15) is 9.61 Å². The van der Waals surface area contributed by atoms with E-state index in [4.69, 9.17) is 10.1 Å². The highest BCUT2D eigenvalue weighted by atomic mass is 19.1. The van der Waals surface area contributed by atoms with Gasteiger partial charge in [-0.1, -0.05) is 30.3 Å². The molecule has 0 N–H and O–H groups in total. The number of hydrogen-bond donors (Lipinski definition) is 0. The van der Waals surface area contributed by atoms with Crippen LogP contribution >= 0.6 is 0 Å². The molecule has 0 bridgehead atoms. The van der Waals surface area contributed by atoms with Crippen molar-refractivity contribution in [2.45, 2.75) is 25.7 Å². The molecule has 4 aromatic rings. The number of anilines is 2. The van der Waals surface area contributed by atoms with Gasteiger partial charge in [0.05, 0.1) is 5.69 Å². The van der Waals surface area contributed by atoms with E-state index in [0.29, 0.717) is 0 Å². The molecule has 0 amide bonds. The van der Waals surface area contributed by atoms with E-state index in [0.717, 1.165) is 55.9 Å². The number of rotatable bonds is 3. The fourth-order valence-electron chi connectivity index (χ4n) is 5.06. The second kappa shape index (κ2) is 7.93. The lowest BCUT2D eigenvalue weighted by atomic mass is 9.96. The molecule has 0 spiro atoms. The van der Waals surface area contributed by atoms with Crippen LogP contribution in [0.1, 0.15) is 24.1 Å². The van der Waals surface area contributed by atoms with Crippen LogP contribution in [0.15, 0.2) is 60.7 Å². The first-order chi connectivity index (χ1) is 15.8. The van der Waals surface area contributed by atoms with Crippen molar-refractivity contribution in [1.82, 2.24) is 14.6 Å². The van der Waals surface area contributed by atoms with Gasteiger partial charge in [-0.3, -0.25) is 0 Å². The number of benzene rings is 2. The number of nitrogens with zero attached hydrogens (tertiary/aromatic N) is 5. The van der Waals surface area contributed by atoms with Crippen LogP contribution in [0.25, 0.3) is 16.9 Å². The lowest BCUT2D eigenvalue weighted by molar-refractivity contribution is 0.615. The van der Waals surface area contributed by atoms with Crippen LogP contribution in [-0.2, 0) is 12.8 Å². The quantitative estimate of drug-likeness (QED) is 0.473. The number of piperazine rings is 1. The summed E-state index contributed by atoms with van der Waals surface area (Å²) in [5.41, 5.74) is 6.23. The molecular formula is C26H26FN5. The molecule has 1 fully saturated rings. The molecule has 1 aliphatic heterocycles. The summed E-state index contributed by atoms with van der Waals surface area (Å²) in [6, 6.07) is 19.3. The molecule has 32 heavy (non-hydrogen) atoms. The average Bonchev–Trinajstić information content (AvgIpc) is 3.27. The van der Waals surface area contributed by atoms with E-state index in [1.807, 2.05) is 16.6 Å². The van der Waals surface area contributed by atoms with Crippen molar-refractivity contribution in [3.8, 4) is 11.3 Å². The minimum atomic E-state index is -0.246. The van der Waals surface area contributed by atoms with Crippen LogP contribution in [0.4, 0.5) is 15.9 Å². The van der Waals surface area contributed by atoms with Crippen LogP contribution in [-0.4, -0.2) is 40.8 Å². The van der Waals surface area contributed by atoms with E-state index < -0.39 is 0 Å². The molecule has 2 aromatic heterocycles. The highest BCUT2D eigenvalue weighted by molar-refractivity contribution is 5.68. The average molecular weight is 428 g/mol. The molecule has 0 atom stereocenters. The summed E-state index contributed by atoms with van der Waals surface area (Å²) in [6.45, 7) is 3.83. The van der Waals surface area contributed by atoms with Gasteiger partial charge < -0.3 is 9.80 Å². The zero-order valence-corrected chi connectivity index (χ0v) is 18.0. The first kappa shape index (κ1) is 19.3. The van der Waals surface area contributed by atoms with Crippen LogP contribution in [0, 0.1) is 5.82 Å². The third kappa shape index (κ3) is 3.40. The van der Waals surface area contributed by atoms with Crippen LogP contribution in [0.2, 0.25) is 0 Å². The second-order valence-electron chi connectivity index (χ2n) is 8.69. The largest absolute Gasteiger partial charge is 0.368 e. The van der Waals surface area contributed by atoms with Crippen molar-refractivity contribution in [2.24, 2.45) is 0 Å². The number of aryl methyl sites for hydroxylation is 1. The Labute approximate surface area is 187 Å². The van der Waals surface area contributed by atoms with Crippen molar-refractivity contribution >= 4 is 17.2 Å². The third-order valence-electron chi connectivity index (χ3n) is 6.67. The summed E-state index contributed by atoms with van der Waals surface area (Å²) in [7, 11) is 0. The lowest BCUT2D eigenvalue weighted by Gasteiger charge is -2.38. The monoisotopic (exact) mass is 427 g/mol. The molecule has 1 aliphatic carbocycles. The Kier molecular flexibility index (Phi) is 4.78. The Hall–Kier alpha value is -3.41. The lowest BCUT2D eigenvalue weighted by Crippen LogP contribution is -2.47. The zero-order chi connectivity index (χ0) is 21.5. The summed E-state index contributed by atoms with van der Waals surface area (Å²) >= 11 is 0. The van der Waals surface area contributed by atoms with E-state index in [9.17, 15) is 4.39 Å². The van der Waals surface area contributed by atoms with E-state index in [-0.39, 0.29) is 5.82 Å². The number of aromatic nitrogens is 3. The van der Waals surface area contributed by atoms with Gasteiger partial charge in [-0.15, -0.1) is 0 Å². The standard InChI is InChI=1S/C26H26FN5/c27-20-8-6-7-19(17-20)24-18-25-28-23-12-5-4-11-22(23)26(32(25)29-24)31-15-13-30(14-16-31)21-9-2-1-3-10-21/h1-3,6-10,17-18H,4-5,11-16H2. The van der Waals surface area contributed by atoms with Crippen molar-refractivity contribution < 1.29 is 4.39 Å². The normalized spacial score (nSPS) is 16.4. The maximum absolute atomic E-state index is 13.8. The Bertz CT molecular complexity index is 1260. The van der Waals surface area contributed by atoms with Crippen LogP contribution in [0.3, 0.4) is 0 Å². The predicted molar refractivity (Wildman–Crippen MR) is 126 cm³/mol. The van der Waals surface area contributed by atoms with Gasteiger partial charge in [0, 0.05) is 54.8 Å². The summed E-state index contributed by atoms with van der Waals surface area (Å²) in [5, 5.41) is 4.92. The minimum absolute atomic E-state index is 0.246. The number of fused-ring (bicyclic) bond motifs is 2. The Morgan fingerprint density at radius 1 is 0.781 bits per heavy atom. The van der Waals surface area contributed by atoms with Gasteiger partial charge >= 0.3 is 0 Å². The SMILES string of the molecule is Fc1cccc(-c2cc3nc4c(c(N5CCN(c6ccccc6)CC5)n3n2)CCCC4)c1. The van der Waals surface area contributed by atoms with Crippen LogP contribution < -0.4 is 9.80 Å². The fraction of sp³-hybridized carbons (Fsp3) is 0.308. The minimum Gasteiger partial charge on any atom is -0.368 e. The third-order valence-corrected chi connectivity index (χ3v) is 6.67. The first-order valence-corrected chi connectivity index (χ1v) is 11.5. The van der Waals surface area contributed by atoms with Gasteiger partial charge in [0.25, 0.3) is 0 Å². The number of para-hydroxylation sites is 1. The molecule has 6 heteroatoms. The topological polar surface area (TPSA) is 36.7 Å². The molecule has 5 nitrogen and oxygen atoms in total. The van der Waals surface area contributed by atoms with E-state index in [1.54, 1.807) is 12.1 Å². The van der Waals surface area contributed by atoms with E-state index in [1.165, 1.54) is 41.7 Å². The van der Waals surface area contributed by atoms with Crippen molar-refractivity contribution in [3.05, 3.63) is 77.7 Å². The predicted octanol–water partition coefficient (Wildman–Crippen LogP) is 4.74. The molecule has 2 aliphatic rings. The molecule has 1 saturated heterocycles. The summed E-state index contributed by atoms with van der Waals surface area (Å²) < 4.78 is 15.8. The molecule has 6 rings (SSSR count). The van der Waals surface area contributed by atoms with Gasteiger partial charge in [-0.05, 0) is 49.9 Å². The van der Waals surface area contributed by atoms with Crippen molar-refractivity contribution in [3.63, 3.8) is 0 Å². The van der Waals surface area contributed by atoms with E-state index >= 15 is 0 Å². The molecule has 2 aromatic carbocycles. The molecule has 3 heterocycles. The summed E-state index contributed by atoms with van der Waals surface area (Å²) in [4.78, 5) is 9.89. The Morgan fingerprint density at radius 3 is 2.38 bits per heavy atom. The number of halogens is 1. The molecule has 0 saturated carbocycles. The Balaban J connectivity index is 1.40. The smallest absolute Gasteiger partial charge is 0.158 e. The second-order valence-corrected chi connectivity index (χ2v) is 8.69. The van der Waals surface area contributed by atoms with Crippen molar-refractivity contribution in [2.75, 3.05) is 36.0 Å². The van der Waals surface area contributed by atoms with Gasteiger partial charge in [0.15, 0.2) is 5.65 Å². The zero-order valence-electron chi connectivity index (χ0n) is 18.0. The summed E-state index contributed by atoms with van der Waals surface area (Å²) in [6.07, 6.45) is 4.43. The molecule has 0 unspecified atom stereocenters. The molecule has 162 valence electrons. The van der Waals surface area contributed by atoms with Gasteiger partial charge in [-0.25, -0.2) is 9.37 Å². The highest BCUT2D eigenvalue weighted by Gasteiger charge is 2.26. The number of hydrogen-bond acceptors (Lipinski definition) is 4. The van der Waals surface area contributed by atoms with Crippen LogP contribution in [0.5, 0.6) is 0 Å². The maximum atomic E-state index is 13.8. The van der Waals surface area contributed by atoms with E-state index in [2.05, 4.69) is 40.1 Å². The van der Waals surface area contributed by atoms with Gasteiger partial charge in [0.2, 0.25) is 0 Å². The Morgan fingerprint density at radius 2 is 1.56 bits per heavy atom. The fourth-order valence-corrected chi connectivity index (χ4v) is 5.06. The highest BCUT2D eigenvalue weighted by Crippen LogP contribution is 2.33. The maximum Gasteiger partial charge on any atom is 0.158 e. The molecule has 0 radical (unpaired) electrons. The first-order valence-electron chi connectivity index (χ1n) is 11.5. The van der Waals surface area contributed by atoms with Crippen molar-refractivity contribution in [1.29, 1.82) is 0 Å². The molecular weight excluding hydrogens is 401 g/mol. The van der Waals surface area contributed by atoms with Gasteiger partial charge in [0.1, 0.15) is 11.6 Å². The summed E-state index contributed by atoms with van der Waals surface area (Å²) in [5.74, 6) is 0.934.